The summed E-state index contributed by atoms with van der Waals surface area (Å²) in [6, 6.07) is 70.0. The molecule has 0 aliphatic heterocycles. The third kappa shape index (κ3) is 6.01. The van der Waals surface area contributed by atoms with E-state index in [-0.39, 0.29) is 0 Å². The summed E-state index contributed by atoms with van der Waals surface area (Å²) in [5, 5.41) is 6.78. The predicted molar refractivity (Wildman–Crippen MR) is 235 cm³/mol. The molecule has 0 radical (unpaired) electrons. The Hall–Kier alpha value is -7.69. The minimum absolute atomic E-state index is 0.594. The zero-order valence-corrected chi connectivity index (χ0v) is 30.8. The Bertz CT molecular complexity index is 3280. The fourth-order valence-electron chi connectivity index (χ4n) is 7.94. The van der Waals surface area contributed by atoms with Crippen molar-refractivity contribution >= 4 is 43.5 Å². The normalized spacial score (nSPS) is 11.5. The summed E-state index contributed by atoms with van der Waals surface area (Å²) >= 11 is 0. The van der Waals surface area contributed by atoms with Gasteiger partial charge < -0.3 is 4.42 Å². The highest BCUT2D eigenvalue weighted by molar-refractivity contribution is 6.08. The van der Waals surface area contributed by atoms with Crippen molar-refractivity contribution in [1.82, 2.24) is 15.0 Å². The maximum absolute atomic E-state index is 6.39. The van der Waals surface area contributed by atoms with E-state index < -0.39 is 0 Å². The highest BCUT2D eigenvalue weighted by atomic mass is 16.3. The van der Waals surface area contributed by atoms with Crippen molar-refractivity contribution in [3.8, 4) is 67.5 Å². The number of nitrogens with zero attached hydrogens (tertiary/aromatic N) is 3. The van der Waals surface area contributed by atoms with E-state index in [9.17, 15) is 0 Å². The molecule has 0 spiro atoms. The molecule has 9 aromatic carbocycles. The van der Waals surface area contributed by atoms with Crippen LogP contribution in [-0.2, 0) is 0 Å². The molecule has 0 N–H and O–H groups in total. The van der Waals surface area contributed by atoms with E-state index in [1.54, 1.807) is 0 Å². The van der Waals surface area contributed by atoms with E-state index in [2.05, 4.69) is 182 Å². The Balaban J connectivity index is 1.09. The quantitative estimate of drug-likeness (QED) is 0.171. The first-order valence-corrected chi connectivity index (χ1v) is 19.2. The van der Waals surface area contributed by atoms with Crippen LogP contribution in [0.15, 0.2) is 205 Å². The molecule has 0 atom stereocenters. The average Bonchev–Trinajstić information content (AvgIpc) is 3.66. The van der Waals surface area contributed by atoms with Crippen LogP contribution in [0.5, 0.6) is 0 Å². The largest absolute Gasteiger partial charge is 0.456 e. The molecule has 0 saturated heterocycles. The molecule has 11 rings (SSSR count). The molecule has 0 aliphatic rings. The van der Waals surface area contributed by atoms with Crippen LogP contribution in [-0.4, -0.2) is 15.0 Å². The lowest BCUT2D eigenvalue weighted by atomic mass is 9.95. The van der Waals surface area contributed by atoms with Crippen LogP contribution in [0.3, 0.4) is 0 Å². The third-order valence-corrected chi connectivity index (χ3v) is 10.9. The van der Waals surface area contributed by atoms with Crippen molar-refractivity contribution in [2.24, 2.45) is 0 Å². The van der Waals surface area contributed by atoms with Crippen molar-refractivity contribution in [3.63, 3.8) is 0 Å². The van der Waals surface area contributed by atoms with Crippen LogP contribution >= 0.6 is 0 Å². The van der Waals surface area contributed by atoms with Gasteiger partial charge in [0.05, 0.1) is 0 Å². The molecular weight excluding hydrogens is 695 g/mol. The van der Waals surface area contributed by atoms with E-state index >= 15 is 0 Å². The Morgan fingerprint density at radius 1 is 0.263 bits per heavy atom. The molecule has 0 aliphatic carbocycles. The average molecular weight is 728 g/mol. The zero-order chi connectivity index (χ0) is 37.7. The molecule has 4 nitrogen and oxygen atoms in total. The Morgan fingerprint density at radius 3 is 1.39 bits per heavy atom. The number of benzene rings is 9. The maximum atomic E-state index is 6.39. The first-order valence-electron chi connectivity index (χ1n) is 19.2. The number of furan rings is 1. The molecule has 0 fully saturated rings. The van der Waals surface area contributed by atoms with Gasteiger partial charge in [-0.25, -0.2) is 15.0 Å². The van der Waals surface area contributed by atoms with Gasteiger partial charge in [-0.05, 0) is 103 Å². The van der Waals surface area contributed by atoms with Crippen LogP contribution in [0, 0.1) is 0 Å². The van der Waals surface area contributed by atoms with Gasteiger partial charge in [-0.3, -0.25) is 0 Å². The number of fused-ring (bicyclic) bond motifs is 5. The lowest BCUT2D eigenvalue weighted by Gasteiger charge is -2.14. The van der Waals surface area contributed by atoms with Gasteiger partial charge in [-0.1, -0.05) is 152 Å². The summed E-state index contributed by atoms with van der Waals surface area (Å²) < 4.78 is 6.39. The number of rotatable bonds is 6. The van der Waals surface area contributed by atoms with Gasteiger partial charge in [-0.2, -0.15) is 0 Å². The number of hydrogen-bond donors (Lipinski definition) is 0. The van der Waals surface area contributed by atoms with Gasteiger partial charge in [0.15, 0.2) is 17.5 Å². The summed E-state index contributed by atoms with van der Waals surface area (Å²) in [5.41, 5.74) is 11.2. The second-order valence-corrected chi connectivity index (χ2v) is 14.4. The van der Waals surface area contributed by atoms with Crippen molar-refractivity contribution in [1.29, 1.82) is 0 Å². The Kier molecular flexibility index (Phi) is 7.78. The molecule has 0 saturated carbocycles. The topological polar surface area (TPSA) is 51.8 Å². The maximum Gasteiger partial charge on any atom is 0.164 e. The van der Waals surface area contributed by atoms with Gasteiger partial charge in [-0.15, -0.1) is 0 Å². The van der Waals surface area contributed by atoms with Gasteiger partial charge in [0, 0.05) is 27.5 Å². The van der Waals surface area contributed by atoms with E-state index in [1.807, 2.05) is 18.2 Å². The van der Waals surface area contributed by atoms with Crippen LogP contribution in [0.4, 0.5) is 0 Å². The van der Waals surface area contributed by atoms with Gasteiger partial charge in [0.2, 0.25) is 0 Å². The Labute approximate surface area is 329 Å². The van der Waals surface area contributed by atoms with Crippen LogP contribution in [0.25, 0.3) is 111 Å². The summed E-state index contributed by atoms with van der Waals surface area (Å²) in [6.45, 7) is 0. The van der Waals surface area contributed by atoms with Gasteiger partial charge >= 0.3 is 0 Å². The first-order chi connectivity index (χ1) is 28.2. The fraction of sp³-hybridized carbons (Fsp3) is 0. The standard InChI is InChI=1S/C53H33N3O/c1-3-11-34(12-4-1)36-19-22-38(23-20-36)51-54-52(56-53(55-51)48-32-41-18-10-9-17-40(41)30-45(48)37-14-5-2-6-15-37)44-26-28-50-47(33-44)46-31-43(25-27-49(46)57-50)42-24-21-35-13-7-8-16-39(35)29-42/h1-33H. The first kappa shape index (κ1) is 32.7. The van der Waals surface area contributed by atoms with Crippen molar-refractivity contribution in [2.75, 3.05) is 0 Å². The van der Waals surface area contributed by atoms with E-state index in [4.69, 9.17) is 19.4 Å². The molecule has 11 aromatic rings. The third-order valence-electron chi connectivity index (χ3n) is 10.9. The Morgan fingerprint density at radius 2 is 0.702 bits per heavy atom. The minimum Gasteiger partial charge on any atom is -0.456 e. The van der Waals surface area contributed by atoms with E-state index in [0.29, 0.717) is 17.5 Å². The molecule has 266 valence electrons. The highest BCUT2D eigenvalue weighted by Gasteiger charge is 2.18. The lowest BCUT2D eigenvalue weighted by molar-refractivity contribution is 0.669. The van der Waals surface area contributed by atoms with Crippen LogP contribution in [0.1, 0.15) is 0 Å². The predicted octanol–water partition coefficient (Wildman–Crippen LogP) is 14.1. The summed E-state index contributed by atoms with van der Waals surface area (Å²) in [6.07, 6.45) is 0. The van der Waals surface area contributed by atoms with Crippen LogP contribution < -0.4 is 0 Å². The zero-order valence-electron chi connectivity index (χ0n) is 30.8. The van der Waals surface area contributed by atoms with Crippen molar-refractivity contribution < 1.29 is 4.42 Å². The highest BCUT2D eigenvalue weighted by Crippen LogP contribution is 2.38. The smallest absolute Gasteiger partial charge is 0.164 e. The van der Waals surface area contributed by atoms with E-state index in [0.717, 1.165) is 82.8 Å². The summed E-state index contributed by atoms with van der Waals surface area (Å²) in [7, 11) is 0. The molecule has 2 heterocycles. The fourth-order valence-corrected chi connectivity index (χ4v) is 7.94. The van der Waals surface area contributed by atoms with Crippen molar-refractivity contribution in [3.05, 3.63) is 200 Å². The molecule has 0 bridgehead atoms. The molecular formula is C53H33N3O. The van der Waals surface area contributed by atoms with Crippen molar-refractivity contribution in [2.45, 2.75) is 0 Å². The van der Waals surface area contributed by atoms with Gasteiger partial charge in [0.1, 0.15) is 11.2 Å². The number of aromatic nitrogens is 3. The summed E-state index contributed by atoms with van der Waals surface area (Å²) in [4.78, 5) is 15.7. The monoisotopic (exact) mass is 727 g/mol. The van der Waals surface area contributed by atoms with E-state index in [1.165, 1.54) is 10.8 Å². The second kappa shape index (κ2) is 13.6. The van der Waals surface area contributed by atoms with Crippen LogP contribution in [0.2, 0.25) is 0 Å². The summed E-state index contributed by atoms with van der Waals surface area (Å²) in [5.74, 6) is 1.82. The molecule has 0 unspecified atom stereocenters. The molecule has 4 heteroatoms. The number of hydrogen-bond acceptors (Lipinski definition) is 4. The SMILES string of the molecule is c1ccc(-c2ccc(-c3nc(-c4ccc5oc6ccc(-c7ccc8ccccc8c7)cc6c5c4)nc(-c4cc5ccccc5cc4-c4ccccc4)n3)cc2)cc1. The minimum atomic E-state index is 0.594. The second-order valence-electron chi connectivity index (χ2n) is 14.4. The molecule has 2 aromatic heterocycles. The van der Waals surface area contributed by atoms with Gasteiger partial charge in [0.25, 0.3) is 0 Å². The molecule has 0 amide bonds. The molecule has 57 heavy (non-hydrogen) atoms. The lowest BCUT2D eigenvalue weighted by Crippen LogP contribution is -2.01.